The molecule has 68 heavy (non-hydrogen) atoms. The van der Waals surface area contributed by atoms with Crippen LogP contribution in [-0.4, -0.2) is 15.6 Å². The molecule has 7 heteroatoms. The fourth-order valence-electron chi connectivity index (χ4n) is 9.50. The van der Waals surface area contributed by atoms with Crippen molar-refractivity contribution in [2.45, 2.75) is 45.9 Å². The molecule has 8 aromatic carbocycles. The summed E-state index contributed by atoms with van der Waals surface area (Å²) < 4.78 is 52.4. The molecule has 2 aromatic heterocycles. The van der Waals surface area contributed by atoms with Crippen molar-refractivity contribution in [2.24, 2.45) is 0 Å². The molecule has 0 N–H and O–H groups in total. The lowest BCUT2D eigenvalue weighted by Gasteiger charge is -2.20. The summed E-state index contributed by atoms with van der Waals surface area (Å²) in [5.74, 6) is -0.195. The number of nitrogens with zero attached hydrogens (tertiary/aromatic N) is 4. The van der Waals surface area contributed by atoms with Crippen molar-refractivity contribution in [2.75, 3.05) is 0 Å². The summed E-state index contributed by atoms with van der Waals surface area (Å²) in [6, 6.07) is 64.2. The molecule has 1 aliphatic rings. The second-order valence-electron chi connectivity index (χ2n) is 18.5. The number of benzene rings is 8. The van der Waals surface area contributed by atoms with E-state index in [4.69, 9.17) is 9.72 Å². The van der Waals surface area contributed by atoms with Crippen LogP contribution < -0.4 is 13.9 Å². The monoisotopic (exact) mass is 891 g/mol. The quantitative estimate of drug-likeness (QED) is 0.135. The summed E-state index contributed by atoms with van der Waals surface area (Å²) in [6.45, 7) is 10.4. The molecule has 11 rings (SSSR count). The Kier molecular flexibility index (Phi) is 10.2. The van der Waals surface area contributed by atoms with Crippen molar-refractivity contribution >= 4 is 50.6 Å². The Bertz CT molecular complexity index is 3720. The highest BCUT2D eigenvalue weighted by molar-refractivity contribution is 6.09. The number of halogens is 2. The van der Waals surface area contributed by atoms with Gasteiger partial charge in [0.1, 0.15) is 29.0 Å². The van der Waals surface area contributed by atoms with Crippen LogP contribution in [0.3, 0.4) is 0 Å². The Morgan fingerprint density at radius 1 is 0.574 bits per heavy atom. The molecule has 0 radical (unpaired) electrons. The summed E-state index contributed by atoms with van der Waals surface area (Å²) in [5, 5.41) is 2.19. The maximum Gasteiger partial charge on any atom is 0.503 e. The van der Waals surface area contributed by atoms with E-state index in [9.17, 15) is 1.37 Å². The fraction of sp³-hybridized carbons (Fsp3) is 0.115. The van der Waals surface area contributed by atoms with Gasteiger partial charge in [-0.3, -0.25) is 4.57 Å². The van der Waals surface area contributed by atoms with E-state index in [0.717, 1.165) is 78.6 Å². The van der Waals surface area contributed by atoms with Crippen molar-refractivity contribution in [3.8, 4) is 50.7 Å². The van der Waals surface area contributed by atoms with Crippen LogP contribution in [0, 0.1) is 11.6 Å². The first-order chi connectivity index (χ1) is 33.3. The van der Waals surface area contributed by atoms with Crippen LogP contribution >= 0.6 is 0 Å². The number of para-hydroxylation sites is 4. The van der Waals surface area contributed by atoms with Gasteiger partial charge in [0, 0.05) is 48.7 Å². The van der Waals surface area contributed by atoms with Gasteiger partial charge in [0.15, 0.2) is 0 Å². The standard InChI is InChI=1S/C61H48F2N4O/c1-39(2)49-18-9-10-19-50(49)42-32-46(36-48(33-42)68-47-26-27-54-53-20-11-12-23-55(53)67(58(54)37-47)59-34-43(28-29-64-59)61(3,4)5)65-38-66(57-25-14-13-24-56(57)65)60-51(40-16-7-6-8-17-40)21-15-22-52(60)41-30-44(62)35-45(63)31-41/h6-37,39H,1-5H3/q+2/i39D. The molecule has 3 heterocycles. The highest BCUT2D eigenvalue weighted by Crippen LogP contribution is 2.46. The number of aromatic nitrogens is 2. The fourth-order valence-corrected chi connectivity index (χ4v) is 9.50. The summed E-state index contributed by atoms with van der Waals surface area (Å²) >= 11 is 0. The van der Waals surface area contributed by atoms with Gasteiger partial charge in [0.2, 0.25) is 11.4 Å². The average molecular weight is 892 g/mol. The molecule has 330 valence electrons. The summed E-state index contributed by atoms with van der Waals surface area (Å²) in [6.07, 6.45) is 1.88. The second kappa shape index (κ2) is 16.9. The van der Waals surface area contributed by atoms with Gasteiger partial charge < -0.3 is 4.74 Å². The van der Waals surface area contributed by atoms with Crippen molar-refractivity contribution < 1.29 is 14.9 Å². The molecule has 0 atom stereocenters. The van der Waals surface area contributed by atoms with Crippen molar-refractivity contribution in [1.82, 2.24) is 18.7 Å². The Labute approximate surface area is 396 Å². The lowest BCUT2D eigenvalue weighted by atomic mass is 9.88. The van der Waals surface area contributed by atoms with E-state index in [1.807, 2.05) is 138 Å². The first kappa shape index (κ1) is 41.2. The second-order valence-corrected chi connectivity index (χ2v) is 18.5. The predicted molar refractivity (Wildman–Crippen MR) is 275 cm³/mol. The molecule has 0 amide bonds. The zero-order valence-corrected chi connectivity index (χ0v) is 38.4. The molecule has 0 saturated heterocycles. The van der Waals surface area contributed by atoms with Crippen LogP contribution in [0.2, 0.25) is 0 Å². The molecule has 0 fully saturated rings. The van der Waals surface area contributed by atoms with Gasteiger partial charge in [-0.05, 0) is 115 Å². The molecule has 10 aromatic rings. The number of hydrogen-bond acceptors (Lipinski definition) is 2. The van der Waals surface area contributed by atoms with Gasteiger partial charge >= 0.3 is 6.01 Å². The predicted octanol–water partition coefficient (Wildman–Crippen LogP) is 16.5. The van der Waals surface area contributed by atoms with E-state index >= 15 is 8.78 Å². The van der Waals surface area contributed by atoms with E-state index in [0.29, 0.717) is 28.3 Å². The first-order valence-corrected chi connectivity index (χ1v) is 22.8. The average Bonchev–Trinajstić information content (AvgIpc) is 3.89. The largest absolute Gasteiger partial charge is 0.503 e. The van der Waals surface area contributed by atoms with Crippen LogP contribution in [0.5, 0.6) is 11.5 Å². The van der Waals surface area contributed by atoms with Crippen molar-refractivity contribution in [3.63, 3.8) is 0 Å². The minimum Gasteiger partial charge on any atom is -0.457 e. The SMILES string of the molecule is [2H]C(C)(C)c1ccccc1-c1cc(Oc2ccc3c4ccccc4n(-c4cc(C(C)(C)C)ccn4)c3c2)cc([N+]2=C=[N+](c3c(-c4ccccc4)cccc3-c3cc(F)cc(F)c3)c3ccccc32)c1. The van der Waals surface area contributed by atoms with Gasteiger partial charge in [-0.15, -0.1) is 0 Å². The zero-order chi connectivity index (χ0) is 47.6. The van der Waals surface area contributed by atoms with E-state index in [2.05, 4.69) is 92.0 Å². The topological polar surface area (TPSA) is 33.1 Å². The molecule has 0 bridgehead atoms. The maximum absolute atomic E-state index is 15.0. The third-order valence-electron chi connectivity index (χ3n) is 12.7. The zero-order valence-electron chi connectivity index (χ0n) is 39.4. The number of pyridine rings is 1. The molecule has 0 saturated carbocycles. The van der Waals surface area contributed by atoms with Crippen LogP contribution in [0.4, 0.5) is 31.5 Å². The Balaban J connectivity index is 1.14. The van der Waals surface area contributed by atoms with Crippen molar-refractivity contribution in [1.29, 1.82) is 0 Å². The molecular weight excluding hydrogens is 843 g/mol. The lowest BCUT2D eigenvalue weighted by Crippen LogP contribution is -2.12. The van der Waals surface area contributed by atoms with E-state index in [1.54, 1.807) is 0 Å². The Morgan fingerprint density at radius 2 is 1.22 bits per heavy atom. The van der Waals surface area contributed by atoms with E-state index in [1.165, 1.54) is 17.7 Å². The van der Waals surface area contributed by atoms with Crippen LogP contribution in [0.15, 0.2) is 194 Å². The number of fused-ring (bicyclic) bond motifs is 4. The molecular formula is C61H48F2N4O+2. The third kappa shape index (κ3) is 7.67. The summed E-state index contributed by atoms with van der Waals surface area (Å²) in [4.78, 5) is 4.89. The van der Waals surface area contributed by atoms with Crippen LogP contribution in [0.25, 0.3) is 61.0 Å². The molecule has 0 unspecified atom stereocenters. The Hall–Kier alpha value is -8.25. The van der Waals surface area contributed by atoms with Crippen molar-refractivity contribution in [3.05, 3.63) is 217 Å². The van der Waals surface area contributed by atoms with Gasteiger partial charge in [0.05, 0.1) is 28.2 Å². The van der Waals surface area contributed by atoms with Gasteiger partial charge in [-0.2, -0.15) is 0 Å². The normalized spacial score (nSPS) is 12.8. The molecule has 0 spiro atoms. The third-order valence-corrected chi connectivity index (χ3v) is 12.7. The number of rotatable bonds is 9. The Morgan fingerprint density at radius 3 is 1.99 bits per heavy atom. The summed E-state index contributed by atoms with van der Waals surface area (Å²) in [7, 11) is 0. The lowest BCUT2D eigenvalue weighted by molar-refractivity contribution is 0.483. The van der Waals surface area contributed by atoms with E-state index in [-0.39, 0.29) is 5.41 Å². The van der Waals surface area contributed by atoms with E-state index < -0.39 is 17.5 Å². The van der Waals surface area contributed by atoms with Gasteiger partial charge in [-0.25, -0.2) is 13.8 Å². The molecule has 0 aliphatic carbocycles. The summed E-state index contributed by atoms with van der Waals surface area (Å²) in [5.41, 5.74) is 11.7. The molecule has 5 nitrogen and oxygen atoms in total. The minimum atomic E-state index is -0.909. The van der Waals surface area contributed by atoms with Crippen LogP contribution in [0.1, 0.15) is 53.0 Å². The minimum absolute atomic E-state index is 0.0722. The number of hydrogen-bond donors (Lipinski definition) is 0. The highest BCUT2D eigenvalue weighted by atomic mass is 19.1. The maximum atomic E-state index is 15.0. The number of ether oxygens (including phenoxy) is 1. The highest BCUT2D eigenvalue weighted by Gasteiger charge is 2.39. The van der Waals surface area contributed by atoms with Crippen LogP contribution in [-0.2, 0) is 5.41 Å². The smallest absolute Gasteiger partial charge is 0.457 e. The molecule has 1 aliphatic heterocycles. The first-order valence-electron chi connectivity index (χ1n) is 23.3. The van der Waals surface area contributed by atoms with Gasteiger partial charge in [-0.1, -0.05) is 126 Å². The van der Waals surface area contributed by atoms with Gasteiger partial charge in [0.25, 0.3) is 11.4 Å².